The highest BCUT2D eigenvalue weighted by Crippen LogP contribution is 2.34. The van der Waals surface area contributed by atoms with Crippen molar-refractivity contribution in [1.29, 1.82) is 0 Å². The van der Waals surface area contributed by atoms with Crippen LogP contribution in [0.25, 0.3) is 10.1 Å². The molecule has 0 saturated carbocycles. The second kappa shape index (κ2) is 10.1. The molecule has 1 aromatic heterocycles. The number of rotatable bonds is 6. The number of anilines is 1. The Hall–Kier alpha value is -2.08. The van der Waals surface area contributed by atoms with Crippen LogP contribution in [0.1, 0.15) is 22.2 Å². The molecular weight excluding hydrogens is 402 g/mol. The fraction of sp³-hybridized carbons (Fsp3) is 0.348. The third-order valence-corrected chi connectivity index (χ3v) is 6.47. The first-order valence-electron chi connectivity index (χ1n) is 10.1. The maximum absolute atomic E-state index is 12.2. The molecule has 4 rings (SSSR count). The van der Waals surface area contributed by atoms with Crippen LogP contribution in [0.5, 0.6) is 0 Å². The lowest BCUT2D eigenvalue weighted by Crippen LogP contribution is -2.47. The first-order chi connectivity index (χ1) is 13.7. The topological polar surface area (TPSA) is 35.6 Å². The lowest BCUT2D eigenvalue weighted by molar-refractivity contribution is 0.0960. The summed E-state index contributed by atoms with van der Waals surface area (Å²) in [6.07, 6.45) is 1.11. The summed E-state index contributed by atoms with van der Waals surface area (Å²) < 4.78 is 1.19. The lowest BCUT2D eigenvalue weighted by Gasteiger charge is -2.36. The predicted molar refractivity (Wildman–Crippen MR) is 126 cm³/mol. The van der Waals surface area contributed by atoms with Gasteiger partial charge in [-0.25, -0.2) is 0 Å². The normalized spacial score (nSPS) is 14.6. The average Bonchev–Trinajstić information content (AvgIpc) is 3.18. The quantitative estimate of drug-likeness (QED) is 0.629. The Morgan fingerprint density at radius 1 is 1.03 bits per heavy atom. The van der Waals surface area contributed by atoms with E-state index in [1.54, 1.807) is 11.3 Å². The number of nitrogens with zero attached hydrogens (tertiary/aromatic N) is 2. The van der Waals surface area contributed by atoms with Crippen LogP contribution in [0.4, 0.5) is 5.69 Å². The summed E-state index contributed by atoms with van der Waals surface area (Å²) in [5.41, 5.74) is 2.66. The van der Waals surface area contributed by atoms with Gasteiger partial charge < -0.3 is 10.2 Å². The number of hydrogen-bond donors (Lipinski definition) is 1. The van der Waals surface area contributed by atoms with Gasteiger partial charge in [0.05, 0.1) is 4.88 Å². The van der Waals surface area contributed by atoms with Crippen molar-refractivity contribution in [2.45, 2.75) is 13.3 Å². The summed E-state index contributed by atoms with van der Waals surface area (Å²) in [7, 11) is 0. The molecule has 2 heterocycles. The van der Waals surface area contributed by atoms with Crippen LogP contribution in [-0.2, 0) is 6.42 Å². The molecule has 0 atom stereocenters. The molecule has 1 fully saturated rings. The van der Waals surface area contributed by atoms with Crippen LogP contribution in [0, 0.1) is 0 Å². The van der Waals surface area contributed by atoms with Crippen molar-refractivity contribution in [2.24, 2.45) is 0 Å². The van der Waals surface area contributed by atoms with Crippen molar-refractivity contribution in [3.8, 4) is 0 Å². The van der Waals surface area contributed by atoms with Gasteiger partial charge in [0.1, 0.15) is 0 Å². The molecule has 0 spiro atoms. The number of benzene rings is 2. The van der Waals surface area contributed by atoms with E-state index in [-0.39, 0.29) is 18.3 Å². The molecule has 1 aliphatic heterocycles. The SMILES string of the molecule is CCNC(=O)c1cc2c(N3CCN(CCc4ccccc4)CC3)cccc2s1.Cl. The first-order valence-corrected chi connectivity index (χ1v) is 10.9. The van der Waals surface area contributed by atoms with E-state index in [1.807, 2.05) is 6.92 Å². The summed E-state index contributed by atoms with van der Waals surface area (Å²) in [6, 6.07) is 19.2. The molecule has 1 aliphatic rings. The van der Waals surface area contributed by atoms with E-state index in [0.717, 1.165) is 44.0 Å². The van der Waals surface area contributed by atoms with Gasteiger partial charge in [0.2, 0.25) is 0 Å². The Balaban J connectivity index is 0.00000240. The Labute approximate surface area is 182 Å². The minimum absolute atomic E-state index is 0. The molecule has 29 heavy (non-hydrogen) atoms. The van der Waals surface area contributed by atoms with Crippen LogP contribution in [0.2, 0.25) is 0 Å². The Morgan fingerprint density at radius 2 is 1.79 bits per heavy atom. The Bertz CT molecular complexity index is 936. The smallest absolute Gasteiger partial charge is 0.261 e. The fourth-order valence-corrected chi connectivity index (χ4v) is 4.82. The summed E-state index contributed by atoms with van der Waals surface area (Å²) in [4.78, 5) is 18.0. The molecule has 0 radical (unpaired) electrons. The van der Waals surface area contributed by atoms with Crippen molar-refractivity contribution in [3.05, 3.63) is 65.0 Å². The molecule has 1 saturated heterocycles. The zero-order chi connectivity index (χ0) is 19.3. The van der Waals surface area contributed by atoms with E-state index in [9.17, 15) is 4.79 Å². The first kappa shape index (κ1) is 21.6. The summed E-state index contributed by atoms with van der Waals surface area (Å²) in [5, 5.41) is 4.11. The van der Waals surface area contributed by atoms with Gasteiger partial charge in [0, 0.05) is 55.0 Å². The molecular formula is C23H28ClN3OS. The highest BCUT2D eigenvalue weighted by Gasteiger charge is 2.20. The van der Waals surface area contributed by atoms with Crippen LogP contribution < -0.4 is 10.2 Å². The summed E-state index contributed by atoms with van der Waals surface area (Å²) >= 11 is 1.58. The molecule has 1 amide bonds. The van der Waals surface area contributed by atoms with Crippen molar-refractivity contribution >= 4 is 45.4 Å². The van der Waals surface area contributed by atoms with Crippen LogP contribution >= 0.6 is 23.7 Å². The van der Waals surface area contributed by atoms with E-state index >= 15 is 0 Å². The average molecular weight is 430 g/mol. The third kappa shape index (κ3) is 5.10. The maximum atomic E-state index is 12.2. The highest BCUT2D eigenvalue weighted by molar-refractivity contribution is 7.20. The zero-order valence-corrected chi connectivity index (χ0v) is 18.4. The molecule has 3 aromatic rings. The van der Waals surface area contributed by atoms with Gasteiger partial charge >= 0.3 is 0 Å². The van der Waals surface area contributed by atoms with Gasteiger partial charge in [0.15, 0.2) is 0 Å². The highest BCUT2D eigenvalue weighted by atomic mass is 35.5. The lowest BCUT2D eigenvalue weighted by atomic mass is 10.1. The van der Waals surface area contributed by atoms with E-state index in [1.165, 1.54) is 21.3 Å². The van der Waals surface area contributed by atoms with E-state index in [2.05, 4.69) is 69.7 Å². The molecule has 0 bridgehead atoms. The standard InChI is InChI=1S/C23H27N3OS.ClH/c1-2-24-23(27)22-17-19-20(9-6-10-21(19)28-22)26-15-13-25(14-16-26)12-11-18-7-4-3-5-8-18;/h3-10,17H,2,11-16H2,1H3,(H,24,27);1H. The number of hydrogen-bond acceptors (Lipinski definition) is 4. The van der Waals surface area contributed by atoms with Gasteiger partial charge in [-0.3, -0.25) is 9.69 Å². The number of piperazine rings is 1. The molecule has 4 nitrogen and oxygen atoms in total. The number of fused-ring (bicyclic) bond motifs is 1. The maximum Gasteiger partial charge on any atom is 0.261 e. The van der Waals surface area contributed by atoms with Crippen molar-refractivity contribution in [1.82, 2.24) is 10.2 Å². The Morgan fingerprint density at radius 3 is 2.52 bits per heavy atom. The fourth-order valence-electron chi connectivity index (χ4n) is 3.83. The molecule has 154 valence electrons. The number of halogens is 1. The number of thiophene rings is 1. The minimum Gasteiger partial charge on any atom is -0.368 e. The van der Waals surface area contributed by atoms with E-state index in [4.69, 9.17) is 0 Å². The summed E-state index contributed by atoms with van der Waals surface area (Å²) in [6.45, 7) is 7.94. The predicted octanol–water partition coefficient (Wildman–Crippen LogP) is 4.44. The summed E-state index contributed by atoms with van der Waals surface area (Å²) in [5.74, 6) is 0.0281. The van der Waals surface area contributed by atoms with Gasteiger partial charge in [-0.1, -0.05) is 36.4 Å². The van der Waals surface area contributed by atoms with Gasteiger partial charge in [-0.05, 0) is 37.1 Å². The van der Waals surface area contributed by atoms with Crippen LogP contribution in [-0.4, -0.2) is 50.1 Å². The van der Waals surface area contributed by atoms with Crippen molar-refractivity contribution < 1.29 is 4.79 Å². The van der Waals surface area contributed by atoms with E-state index < -0.39 is 0 Å². The largest absolute Gasteiger partial charge is 0.368 e. The molecule has 0 unspecified atom stereocenters. The van der Waals surface area contributed by atoms with Gasteiger partial charge in [0.25, 0.3) is 5.91 Å². The van der Waals surface area contributed by atoms with E-state index in [0.29, 0.717) is 6.54 Å². The number of carbonyl (C=O) groups excluding carboxylic acids is 1. The molecule has 0 aliphatic carbocycles. The second-order valence-electron chi connectivity index (χ2n) is 7.22. The third-order valence-electron chi connectivity index (χ3n) is 5.37. The minimum atomic E-state index is 0. The van der Waals surface area contributed by atoms with Crippen molar-refractivity contribution in [2.75, 3.05) is 44.2 Å². The van der Waals surface area contributed by atoms with Gasteiger partial charge in [-0.2, -0.15) is 0 Å². The second-order valence-corrected chi connectivity index (χ2v) is 8.31. The molecule has 1 N–H and O–H groups in total. The molecule has 2 aromatic carbocycles. The number of nitrogens with one attached hydrogen (secondary N) is 1. The Kier molecular flexibility index (Phi) is 7.53. The van der Waals surface area contributed by atoms with Crippen molar-refractivity contribution in [3.63, 3.8) is 0 Å². The van der Waals surface area contributed by atoms with Crippen LogP contribution in [0.15, 0.2) is 54.6 Å². The number of carbonyl (C=O) groups is 1. The molecule has 6 heteroatoms. The van der Waals surface area contributed by atoms with Gasteiger partial charge in [-0.15, -0.1) is 23.7 Å². The monoisotopic (exact) mass is 429 g/mol. The zero-order valence-electron chi connectivity index (χ0n) is 16.8. The number of amides is 1. The van der Waals surface area contributed by atoms with Crippen LogP contribution in [0.3, 0.4) is 0 Å².